The van der Waals surface area contributed by atoms with Crippen LogP contribution in [0.1, 0.15) is 35.8 Å². The number of fused-ring (bicyclic) bond motifs is 2. The zero-order chi connectivity index (χ0) is 26.0. The van der Waals surface area contributed by atoms with Crippen LogP contribution in [0.25, 0.3) is 10.9 Å². The summed E-state index contributed by atoms with van der Waals surface area (Å²) in [4.78, 5) is 20.4. The van der Waals surface area contributed by atoms with Crippen molar-refractivity contribution in [3.63, 3.8) is 0 Å². The van der Waals surface area contributed by atoms with Crippen LogP contribution < -0.4 is 10.1 Å². The summed E-state index contributed by atoms with van der Waals surface area (Å²) < 4.78 is 31.6. The van der Waals surface area contributed by atoms with E-state index in [1.54, 1.807) is 10.9 Å². The van der Waals surface area contributed by atoms with Crippen molar-refractivity contribution in [3.05, 3.63) is 71.9 Å². The summed E-state index contributed by atoms with van der Waals surface area (Å²) in [5, 5.41) is 18.1. The number of rotatable bonds is 9. The second kappa shape index (κ2) is 10.2. The molecule has 192 valence electrons. The topological polar surface area (TPSA) is 136 Å². The Morgan fingerprint density at radius 2 is 2.05 bits per heavy atom. The van der Waals surface area contributed by atoms with Crippen molar-refractivity contribution in [1.29, 1.82) is 0 Å². The van der Waals surface area contributed by atoms with Gasteiger partial charge in [-0.2, -0.15) is 5.10 Å². The highest BCUT2D eigenvalue weighted by atomic mass is 32.2. The third-order valence-electron chi connectivity index (χ3n) is 6.34. The average molecular weight is 522 g/mol. The molecule has 4 aromatic rings. The van der Waals surface area contributed by atoms with E-state index >= 15 is 0 Å². The lowest BCUT2D eigenvalue weighted by Gasteiger charge is -2.18. The third-order valence-corrected chi connectivity index (χ3v) is 7.42. The molecule has 0 saturated heterocycles. The maximum atomic E-state index is 12.0. The fourth-order valence-electron chi connectivity index (χ4n) is 4.49. The number of nitrogens with one attached hydrogen (secondary N) is 1. The van der Waals surface area contributed by atoms with Crippen molar-refractivity contribution in [3.8, 4) is 5.75 Å². The quantitative estimate of drug-likeness (QED) is 0.340. The summed E-state index contributed by atoms with van der Waals surface area (Å²) in [7, 11) is -3.50. The van der Waals surface area contributed by atoms with Gasteiger partial charge >= 0.3 is 5.97 Å². The van der Waals surface area contributed by atoms with Crippen molar-refractivity contribution < 1.29 is 23.1 Å². The molecular weight excluding hydrogens is 494 g/mol. The van der Waals surface area contributed by atoms with E-state index in [-0.39, 0.29) is 11.3 Å². The van der Waals surface area contributed by atoms with Crippen molar-refractivity contribution in [1.82, 2.24) is 19.7 Å². The van der Waals surface area contributed by atoms with E-state index in [9.17, 15) is 18.3 Å². The molecule has 4 heterocycles. The second-order valence-electron chi connectivity index (χ2n) is 9.08. The molecule has 0 aliphatic carbocycles. The van der Waals surface area contributed by atoms with Gasteiger partial charge < -0.3 is 15.2 Å². The molecule has 11 heteroatoms. The third kappa shape index (κ3) is 5.56. The number of carboxylic acid groups (broad SMARTS) is 1. The summed E-state index contributed by atoms with van der Waals surface area (Å²) in [6, 6.07) is 10.3. The van der Waals surface area contributed by atoms with Crippen LogP contribution in [0.5, 0.6) is 5.75 Å². The fraction of sp³-hybridized carbons (Fsp3) is 0.308. The van der Waals surface area contributed by atoms with Gasteiger partial charge in [0, 0.05) is 42.7 Å². The fourth-order valence-corrected chi connectivity index (χ4v) is 5.09. The Bertz CT molecular complexity index is 1570. The number of hydrogen-bond acceptors (Lipinski definition) is 8. The molecule has 1 aliphatic heterocycles. The van der Waals surface area contributed by atoms with Crippen LogP contribution in [-0.4, -0.2) is 58.6 Å². The molecule has 0 radical (unpaired) electrons. The number of pyridine rings is 2. The Hall–Kier alpha value is -3.99. The van der Waals surface area contributed by atoms with Crippen LogP contribution in [0, 0.1) is 0 Å². The number of nitrogens with zero attached hydrogens (tertiary/aromatic N) is 4. The lowest BCUT2D eigenvalue weighted by atomic mass is 10.1. The molecule has 0 fully saturated rings. The van der Waals surface area contributed by atoms with E-state index in [0.29, 0.717) is 29.9 Å². The lowest BCUT2D eigenvalue weighted by molar-refractivity contribution is -0.137. The predicted molar refractivity (Wildman–Crippen MR) is 138 cm³/mol. The minimum absolute atomic E-state index is 0.0252. The zero-order valence-corrected chi connectivity index (χ0v) is 21.1. The Morgan fingerprint density at radius 1 is 1.19 bits per heavy atom. The molecular formula is C26H27N5O5S. The summed E-state index contributed by atoms with van der Waals surface area (Å²) in [5.41, 5.74) is 4.34. The standard InChI is InChI=1S/C26H27N5O5S/c1-37(34,35)21-12-18(14-27-16-21)25(13-26(32)33)31-24-7-5-20(11-17(24)15-29-31)36-10-8-19-4-6-22-23(30-19)3-2-9-28-22/h4-7,11-12,14-16,25,28H,2-3,8-10,13H2,1H3,(H,32,33)/t25-/m1/s1. The van der Waals surface area contributed by atoms with Gasteiger partial charge in [-0.3, -0.25) is 19.4 Å². The first kappa shape index (κ1) is 24.7. The number of ether oxygens (including phenoxy) is 1. The number of aromatic nitrogens is 4. The van der Waals surface area contributed by atoms with Gasteiger partial charge in [0.15, 0.2) is 9.84 Å². The Morgan fingerprint density at radius 3 is 2.86 bits per heavy atom. The molecule has 0 spiro atoms. The number of hydrogen-bond donors (Lipinski definition) is 2. The number of aliphatic carboxylic acids is 1. The largest absolute Gasteiger partial charge is 0.493 e. The van der Waals surface area contributed by atoms with Crippen LogP contribution in [0.4, 0.5) is 5.69 Å². The Kier molecular flexibility index (Phi) is 6.79. The van der Waals surface area contributed by atoms with Crippen LogP contribution in [0.2, 0.25) is 0 Å². The van der Waals surface area contributed by atoms with Crippen molar-refractivity contribution in [2.24, 2.45) is 0 Å². The maximum absolute atomic E-state index is 12.0. The molecule has 1 atom stereocenters. The number of aryl methyl sites for hydroxylation is 1. The highest BCUT2D eigenvalue weighted by Gasteiger charge is 2.23. The first-order chi connectivity index (χ1) is 17.8. The molecule has 1 aromatic carbocycles. The van der Waals surface area contributed by atoms with Gasteiger partial charge in [0.25, 0.3) is 0 Å². The smallest absolute Gasteiger partial charge is 0.305 e. The van der Waals surface area contributed by atoms with E-state index in [1.807, 2.05) is 24.3 Å². The summed E-state index contributed by atoms with van der Waals surface area (Å²) in [6.45, 7) is 1.45. The molecule has 5 rings (SSSR count). The number of benzene rings is 1. The van der Waals surface area contributed by atoms with E-state index in [1.165, 1.54) is 18.5 Å². The number of carbonyl (C=O) groups is 1. The van der Waals surface area contributed by atoms with Crippen LogP contribution in [-0.2, 0) is 27.5 Å². The minimum Gasteiger partial charge on any atom is -0.493 e. The van der Waals surface area contributed by atoms with Gasteiger partial charge in [-0.15, -0.1) is 0 Å². The SMILES string of the molecule is CS(=O)(=O)c1cncc([C@@H](CC(=O)O)n2ncc3cc(OCCc4ccc5c(n4)CCCN5)ccc32)c1. The molecule has 0 bridgehead atoms. The van der Waals surface area contributed by atoms with Gasteiger partial charge in [-0.1, -0.05) is 0 Å². The lowest BCUT2D eigenvalue weighted by Crippen LogP contribution is -2.17. The van der Waals surface area contributed by atoms with E-state index in [2.05, 4.69) is 21.5 Å². The van der Waals surface area contributed by atoms with E-state index in [4.69, 9.17) is 9.72 Å². The molecule has 0 saturated carbocycles. The number of anilines is 1. The van der Waals surface area contributed by atoms with Gasteiger partial charge in [-0.05, 0) is 54.8 Å². The first-order valence-corrected chi connectivity index (χ1v) is 13.9. The molecule has 10 nitrogen and oxygen atoms in total. The molecule has 37 heavy (non-hydrogen) atoms. The van der Waals surface area contributed by atoms with E-state index < -0.39 is 21.8 Å². The maximum Gasteiger partial charge on any atom is 0.305 e. The first-order valence-electron chi connectivity index (χ1n) is 12.0. The van der Waals surface area contributed by atoms with Gasteiger partial charge in [0.2, 0.25) is 0 Å². The number of carboxylic acids is 1. The minimum atomic E-state index is -3.50. The van der Waals surface area contributed by atoms with Crippen LogP contribution in [0.3, 0.4) is 0 Å². The highest BCUT2D eigenvalue weighted by Crippen LogP contribution is 2.29. The highest BCUT2D eigenvalue weighted by molar-refractivity contribution is 7.90. The molecule has 1 aliphatic rings. The van der Waals surface area contributed by atoms with Crippen molar-refractivity contribution in [2.45, 2.75) is 36.6 Å². The molecule has 0 unspecified atom stereocenters. The molecule has 2 N–H and O–H groups in total. The Labute approximate surface area is 214 Å². The molecule has 0 amide bonds. The summed E-state index contributed by atoms with van der Waals surface area (Å²) >= 11 is 0. The van der Waals surface area contributed by atoms with Crippen molar-refractivity contribution >= 4 is 32.4 Å². The monoisotopic (exact) mass is 521 g/mol. The summed E-state index contributed by atoms with van der Waals surface area (Å²) in [6.07, 6.45) is 7.90. The Balaban J connectivity index is 1.34. The van der Waals surface area contributed by atoms with Crippen molar-refractivity contribution in [2.75, 3.05) is 24.7 Å². The van der Waals surface area contributed by atoms with Gasteiger partial charge in [-0.25, -0.2) is 8.42 Å². The average Bonchev–Trinajstić information content (AvgIpc) is 3.30. The van der Waals surface area contributed by atoms with Crippen LogP contribution in [0.15, 0.2) is 59.9 Å². The van der Waals surface area contributed by atoms with E-state index in [0.717, 1.165) is 48.1 Å². The predicted octanol–water partition coefficient (Wildman–Crippen LogP) is 3.27. The summed E-state index contributed by atoms with van der Waals surface area (Å²) in [5.74, 6) is -0.368. The number of sulfone groups is 1. The normalized spacial score (nSPS) is 14.1. The van der Waals surface area contributed by atoms with Gasteiger partial charge in [0.1, 0.15) is 5.75 Å². The zero-order valence-electron chi connectivity index (χ0n) is 20.3. The van der Waals surface area contributed by atoms with Gasteiger partial charge in [0.05, 0.1) is 47.1 Å². The molecule has 3 aromatic heterocycles. The second-order valence-corrected chi connectivity index (χ2v) is 11.1. The van der Waals surface area contributed by atoms with Crippen LogP contribution >= 0.6 is 0 Å².